The molecule has 0 saturated carbocycles. The molecule has 0 fully saturated rings. The molecule has 1 amide bonds. The highest BCUT2D eigenvalue weighted by molar-refractivity contribution is 5.82. The van der Waals surface area contributed by atoms with Gasteiger partial charge in [-0.3, -0.25) is 4.79 Å². The van der Waals surface area contributed by atoms with E-state index in [-0.39, 0.29) is 5.91 Å². The molecule has 0 aliphatic carbocycles. The van der Waals surface area contributed by atoms with E-state index in [1.54, 1.807) is 0 Å². The Morgan fingerprint density at radius 2 is 1.89 bits per heavy atom. The summed E-state index contributed by atoms with van der Waals surface area (Å²) in [6, 6.07) is 9.48. The fourth-order valence-corrected chi connectivity index (χ4v) is 2.01. The predicted molar refractivity (Wildman–Crippen MR) is 75.2 cm³/mol. The molecule has 1 rings (SSSR count). The van der Waals surface area contributed by atoms with E-state index in [1.165, 1.54) is 0 Å². The topological polar surface area (TPSA) is 46.3 Å². The van der Waals surface area contributed by atoms with Gasteiger partial charge < -0.3 is 10.6 Å². The Morgan fingerprint density at radius 3 is 2.39 bits per heavy atom. The third-order valence-electron chi connectivity index (χ3n) is 2.89. The molecule has 1 atom stereocenters. The molecule has 0 heterocycles. The Kier molecular flexibility index (Phi) is 5.86. The molecule has 0 aliphatic rings. The van der Waals surface area contributed by atoms with Crippen molar-refractivity contribution in [1.82, 2.24) is 4.90 Å². The standard InChI is InChI=1S/C15H24N2O/c1-4-17(11-12(2)3)15(18)14(16)10-13-8-6-5-7-9-13/h5-9,12,14H,4,10-11,16H2,1-3H3/t14-/m0/s1. The lowest BCUT2D eigenvalue weighted by atomic mass is 10.1. The number of benzene rings is 1. The van der Waals surface area contributed by atoms with Gasteiger partial charge in [0.05, 0.1) is 6.04 Å². The molecule has 3 nitrogen and oxygen atoms in total. The molecule has 3 heteroatoms. The van der Waals surface area contributed by atoms with Crippen molar-refractivity contribution in [2.24, 2.45) is 11.7 Å². The highest BCUT2D eigenvalue weighted by Gasteiger charge is 2.20. The summed E-state index contributed by atoms with van der Waals surface area (Å²) in [4.78, 5) is 14.1. The zero-order valence-corrected chi connectivity index (χ0v) is 11.6. The first-order chi connectivity index (χ1) is 8.54. The SMILES string of the molecule is CCN(CC(C)C)C(=O)[C@@H](N)Cc1ccccc1. The first-order valence-corrected chi connectivity index (χ1v) is 6.62. The quantitative estimate of drug-likeness (QED) is 0.837. The van der Waals surface area contributed by atoms with E-state index in [9.17, 15) is 4.79 Å². The summed E-state index contributed by atoms with van der Waals surface area (Å²) in [6.45, 7) is 7.71. The molecule has 1 aromatic rings. The van der Waals surface area contributed by atoms with E-state index in [2.05, 4.69) is 13.8 Å². The summed E-state index contributed by atoms with van der Waals surface area (Å²) in [5.74, 6) is 0.521. The molecular formula is C15H24N2O. The highest BCUT2D eigenvalue weighted by atomic mass is 16.2. The lowest BCUT2D eigenvalue weighted by molar-refractivity contribution is -0.132. The zero-order chi connectivity index (χ0) is 13.5. The van der Waals surface area contributed by atoms with Crippen molar-refractivity contribution < 1.29 is 4.79 Å². The van der Waals surface area contributed by atoms with E-state index in [0.717, 1.165) is 18.7 Å². The largest absolute Gasteiger partial charge is 0.341 e. The summed E-state index contributed by atoms with van der Waals surface area (Å²) in [6.07, 6.45) is 0.605. The molecule has 18 heavy (non-hydrogen) atoms. The maximum absolute atomic E-state index is 12.2. The van der Waals surface area contributed by atoms with Gasteiger partial charge in [0.2, 0.25) is 5.91 Å². The molecule has 0 spiro atoms. The van der Waals surface area contributed by atoms with Crippen molar-refractivity contribution in [2.75, 3.05) is 13.1 Å². The molecule has 0 bridgehead atoms. The van der Waals surface area contributed by atoms with Crippen LogP contribution >= 0.6 is 0 Å². The number of hydrogen-bond donors (Lipinski definition) is 1. The maximum atomic E-state index is 12.2. The van der Waals surface area contributed by atoms with Crippen molar-refractivity contribution in [3.8, 4) is 0 Å². The van der Waals surface area contributed by atoms with Crippen LogP contribution in [0.4, 0.5) is 0 Å². The number of nitrogens with two attached hydrogens (primary N) is 1. The lowest BCUT2D eigenvalue weighted by Crippen LogP contribution is -2.46. The fraction of sp³-hybridized carbons (Fsp3) is 0.533. The van der Waals surface area contributed by atoms with Gasteiger partial charge in [-0.1, -0.05) is 44.2 Å². The van der Waals surface area contributed by atoms with Gasteiger partial charge in [0.1, 0.15) is 0 Å². The lowest BCUT2D eigenvalue weighted by Gasteiger charge is -2.26. The van der Waals surface area contributed by atoms with Crippen LogP contribution in [0.25, 0.3) is 0 Å². The van der Waals surface area contributed by atoms with Crippen LogP contribution in [-0.4, -0.2) is 29.9 Å². The van der Waals surface area contributed by atoms with Gasteiger partial charge in [-0.05, 0) is 24.8 Å². The van der Waals surface area contributed by atoms with Crippen LogP contribution in [0.3, 0.4) is 0 Å². The van der Waals surface area contributed by atoms with E-state index in [4.69, 9.17) is 5.73 Å². The van der Waals surface area contributed by atoms with Crippen LogP contribution < -0.4 is 5.73 Å². The van der Waals surface area contributed by atoms with Gasteiger partial charge in [0, 0.05) is 13.1 Å². The molecule has 0 radical (unpaired) electrons. The first kappa shape index (κ1) is 14.7. The number of likely N-dealkylation sites (N-methyl/N-ethyl adjacent to an activating group) is 1. The van der Waals surface area contributed by atoms with Gasteiger partial charge in [0.15, 0.2) is 0 Å². The Labute approximate surface area is 110 Å². The Bertz CT molecular complexity index is 362. The van der Waals surface area contributed by atoms with Gasteiger partial charge in [0.25, 0.3) is 0 Å². The number of hydrogen-bond acceptors (Lipinski definition) is 2. The van der Waals surface area contributed by atoms with E-state index in [0.29, 0.717) is 12.3 Å². The molecule has 0 aliphatic heterocycles. The van der Waals surface area contributed by atoms with Crippen LogP contribution in [0.1, 0.15) is 26.3 Å². The zero-order valence-electron chi connectivity index (χ0n) is 11.6. The molecule has 0 saturated heterocycles. The highest BCUT2D eigenvalue weighted by Crippen LogP contribution is 2.06. The normalized spacial score (nSPS) is 12.5. The average molecular weight is 248 g/mol. The van der Waals surface area contributed by atoms with Gasteiger partial charge in [-0.25, -0.2) is 0 Å². The van der Waals surface area contributed by atoms with E-state index >= 15 is 0 Å². The molecule has 0 aromatic heterocycles. The van der Waals surface area contributed by atoms with E-state index < -0.39 is 6.04 Å². The van der Waals surface area contributed by atoms with Crippen LogP contribution in [0.15, 0.2) is 30.3 Å². The Balaban J connectivity index is 2.59. The monoisotopic (exact) mass is 248 g/mol. The summed E-state index contributed by atoms with van der Waals surface area (Å²) >= 11 is 0. The molecular weight excluding hydrogens is 224 g/mol. The third-order valence-corrected chi connectivity index (χ3v) is 2.89. The van der Waals surface area contributed by atoms with Crippen LogP contribution in [-0.2, 0) is 11.2 Å². The van der Waals surface area contributed by atoms with Gasteiger partial charge in [-0.15, -0.1) is 0 Å². The molecule has 100 valence electrons. The Morgan fingerprint density at radius 1 is 1.28 bits per heavy atom. The van der Waals surface area contributed by atoms with Crippen molar-refractivity contribution >= 4 is 5.91 Å². The van der Waals surface area contributed by atoms with Crippen LogP contribution in [0.2, 0.25) is 0 Å². The third kappa shape index (κ3) is 4.49. The summed E-state index contributed by atoms with van der Waals surface area (Å²) in [5.41, 5.74) is 7.12. The minimum atomic E-state index is -0.439. The van der Waals surface area contributed by atoms with Crippen molar-refractivity contribution in [3.63, 3.8) is 0 Å². The van der Waals surface area contributed by atoms with Crippen molar-refractivity contribution in [3.05, 3.63) is 35.9 Å². The number of carbonyl (C=O) groups is 1. The number of amides is 1. The average Bonchev–Trinajstić information content (AvgIpc) is 2.36. The van der Waals surface area contributed by atoms with Crippen LogP contribution in [0.5, 0.6) is 0 Å². The number of nitrogens with zero attached hydrogens (tertiary/aromatic N) is 1. The van der Waals surface area contributed by atoms with Gasteiger partial charge >= 0.3 is 0 Å². The number of carbonyl (C=O) groups excluding carboxylic acids is 1. The second-order valence-corrected chi connectivity index (χ2v) is 5.07. The maximum Gasteiger partial charge on any atom is 0.239 e. The summed E-state index contributed by atoms with van der Waals surface area (Å²) in [7, 11) is 0. The predicted octanol–water partition coefficient (Wildman–Crippen LogP) is 2.06. The summed E-state index contributed by atoms with van der Waals surface area (Å²) < 4.78 is 0. The smallest absolute Gasteiger partial charge is 0.239 e. The van der Waals surface area contributed by atoms with E-state index in [1.807, 2.05) is 42.2 Å². The fourth-order valence-electron chi connectivity index (χ4n) is 2.01. The van der Waals surface area contributed by atoms with Crippen LogP contribution in [0, 0.1) is 5.92 Å². The minimum absolute atomic E-state index is 0.0510. The number of rotatable bonds is 6. The van der Waals surface area contributed by atoms with Crippen molar-refractivity contribution in [1.29, 1.82) is 0 Å². The molecule has 0 unspecified atom stereocenters. The second kappa shape index (κ2) is 7.17. The van der Waals surface area contributed by atoms with Gasteiger partial charge in [-0.2, -0.15) is 0 Å². The molecule has 2 N–H and O–H groups in total. The second-order valence-electron chi connectivity index (χ2n) is 5.07. The minimum Gasteiger partial charge on any atom is -0.341 e. The van der Waals surface area contributed by atoms with Crippen molar-refractivity contribution in [2.45, 2.75) is 33.2 Å². The summed E-state index contributed by atoms with van der Waals surface area (Å²) in [5, 5.41) is 0. The molecule has 1 aromatic carbocycles. The first-order valence-electron chi connectivity index (χ1n) is 6.62. The Hall–Kier alpha value is -1.35.